The van der Waals surface area contributed by atoms with E-state index in [0.29, 0.717) is 13.2 Å². The number of rotatable bonds is 10. The van der Waals surface area contributed by atoms with E-state index in [0.717, 1.165) is 38.9 Å². The Morgan fingerprint density at radius 2 is 1.00 bits per heavy atom. The van der Waals surface area contributed by atoms with Crippen molar-refractivity contribution in [1.29, 1.82) is 0 Å². The van der Waals surface area contributed by atoms with Crippen LogP contribution in [-0.2, 0) is 22.7 Å². The second-order valence-corrected chi connectivity index (χ2v) is 5.64. The minimum absolute atomic E-state index is 0.688. The van der Waals surface area contributed by atoms with E-state index in [1.165, 1.54) is 11.1 Å². The van der Waals surface area contributed by atoms with Gasteiger partial charge in [-0.25, -0.2) is 0 Å². The van der Waals surface area contributed by atoms with E-state index in [4.69, 9.17) is 9.47 Å². The first kappa shape index (κ1) is 18.3. The van der Waals surface area contributed by atoms with Crippen LogP contribution in [0.5, 0.6) is 0 Å². The van der Waals surface area contributed by atoms with E-state index in [9.17, 15) is 0 Å². The predicted octanol–water partition coefficient (Wildman–Crippen LogP) is 4.98. The van der Waals surface area contributed by atoms with E-state index >= 15 is 0 Å². The van der Waals surface area contributed by atoms with E-state index < -0.39 is 0 Å². The Kier molecular flexibility index (Phi) is 9.40. The molecule has 2 aromatic rings. The molecule has 0 radical (unpaired) electrons. The number of unbranched alkanes of at least 4 members (excludes halogenated alkanes) is 2. The fraction of sp³-hybridized carbons (Fsp3) is 0.364. The van der Waals surface area contributed by atoms with Gasteiger partial charge in [-0.15, -0.1) is 11.8 Å². The summed E-state index contributed by atoms with van der Waals surface area (Å²) < 4.78 is 11.3. The summed E-state index contributed by atoms with van der Waals surface area (Å²) in [6.45, 7) is 2.91. The second-order valence-electron chi connectivity index (χ2n) is 5.64. The molecule has 0 saturated carbocycles. The lowest BCUT2D eigenvalue weighted by molar-refractivity contribution is 0.119. The Bertz CT molecular complexity index is 543. The normalized spacial score (nSPS) is 10.2. The van der Waals surface area contributed by atoms with Crippen LogP contribution in [0.25, 0.3) is 0 Å². The van der Waals surface area contributed by atoms with Crippen molar-refractivity contribution in [2.24, 2.45) is 0 Å². The Morgan fingerprint density at radius 1 is 0.583 bits per heavy atom. The second kappa shape index (κ2) is 12.4. The van der Waals surface area contributed by atoms with Crippen LogP contribution in [0.1, 0.15) is 36.8 Å². The Labute approximate surface area is 145 Å². The molecule has 2 aromatic carbocycles. The van der Waals surface area contributed by atoms with Gasteiger partial charge in [0.05, 0.1) is 13.2 Å². The van der Waals surface area contributed by atoms with Crippen LogP contribution in [0.15, 0.2) is 60.7 Å². The summed E-state index contributed by atoms with van der Waals surface area (Å²) in [5.74, 6) is 6.41. The molecular weight excluding hydrogens is 296 g/mol. The molecule has 0 saturated heterocycles. The van der Waals surface area contributed by atoms with Gasteiger partial charge in [0.1, 0.15) is 0 Å². The van der Waals surface area contributed by atoms with Crippen molar-refractivity contribution in [2.45, 2.75) is 38.9 Å². The third kappa shape index (κ3) is 8.53. The third-order valence-corrected chi connectivity index (χ3v) is 3.53. The molecule has 0 aromatic heterocycles. The van der Waals surface area contributed by atoms with Crippen LogP contribution in [-0.4, -0.2) is 13.2 Å². The first-order valence-corrected chi connectivity index (χ1v) is 8.64. The molecule has 0 heterocycles. The van der Waals surface area contributed by atoms with Gasteiger partial charge in [0, 0.05) is 26.1 Å². The van der Waals surface area contributed by atoms with E-state index in [2.05, 4.69) is 36.1 Å². The smallest absolute Gasteiger partial charge is 0.0716 e. The van der Waals surface area contributed by atoms with Gasteiger partial charge < -0.3 is 9.47 Å². The van der Waals surface area contributed by atoms with Crippen LogP contribution in [0.3, 0.4) is 0 Å². The summed E-state index contributed by atoms with van der Waals surface area (Å²) in [5.41, 5.74) is 2.44. The molecule has 24 heavy (non-hydrogen) atoms. The highest BCUT2D eigenvalue weighted by Crippen LogP contribution is 2.02. The monoisotopic (exact) mass is 322 g/mol. The van der Waals surface area contributed by atoms with Crippen molar-refractivity contribution in [2.75, 3.05) is 13.2 Å². The van der Waals surface area contributed by atoms with Crippen molar-refractivity contribution in [3.8, 4) is 11.8 Å². The van der Waals surface area contributed by atoms with Crippen molar-refractivity contribution >= 4 is 0 Å². The van der Waals surface area contributed by atoms with Crippen molar-refractivity contribution in [3.63, 3.8) is 0 Å². The Balaban J connectivity index is 1.39. The molecule has 2 nitrogen and oxygen atoms in total. The summed E-state index contributed by atoms with van der Waals surface area (Å²) in [5, 5.41) is 0. The maximum atomic E-state index is 5.63. The first-order chi connectivity index (χ1) is 11.9. The van der Waals surface area contributed by atoms with Crippen molar-refractivity contribution in [3.05, 3.63) is 71.8 Å². The largest absolute Gasteiger partial charge is 0.377 e. The highest BCUT2D eigenvalue weighted by molar-refractivity contribution is 5.14. The Hall–Kier alpha value is -2.08. The molecule has 0 aliphatic rings. The van der Waals surface area contributed by atoms with Gasteiger partial charge >= 0.3 is 0 Å². The molecule has 0 spiro atoms. The van der Waals surface area contributed by atoms with E-state index in [-0.39, 0.29) is 0 Å². The fourth-order valence-corrected chi connectivity index (χ4v) is 2.23. The highest BCUT2D eigenvalue weighted by Gasteiger charge is 1.92. The van der Waals surface area contributed by atoms with Gasteiger partial charge in [0.25, 0.3) is 0 Å². The minimum Gasteiger partial charge on any atom is -0.377 e. The van der Waals surface area contributed by atoms with Crippen LogP contribution >= 0.6 is 0 Å². The van der Waals surface area contributed by atoms with E-state index in [1.807, 2.05) is 36.4 Å². The fourth-order valence-electron chi connectivity index (χ4n) is 2.23. The maximum Gasteiger partial charge on any atom is 0.0716 e. The SMILES string of the molecule is C(#CCCCOCc1ccccc1)CCCOCc1ccccc1. The molecule has 0 fully saturated rings. The zero-order chi connectivity index (χ0) is 16.7. The summed E-state index contributed by atoms with van der Waals surface area (Å²) >= 11 is 0. The van der Waals surface area contributed by atoms with Gasteiger partial charge in [-0.05, 0) is 24.0 Å². The lowest BCUT2D eigenvalue weighted by Gasteiger charge is -2.02. The summed E-state index contributed by atoms with van der Waals surface area (Å²) in [4.78, 5) is 0. The standard InChI is InChI=1S/C22H26O2/c1(3-11-17-23-19-21-13-7-5-8-14-21)2-4-12-18-24-20-22-15-9-6-10-16-22/h5-10,13-16H,3-4,11-12,17-20H2. The molecule has 0 amide bonds. The van der Waals surface area contributed by atoms with Crippen LogP contribution in [0.4, 0.5) is 0 Å². The zero-order valence-electron chi connectivity index (χ0n) is 14.2. The van der Waals surface area contributed by atoms with Gasteiger partial charge in [-0.3, -0.25) is 0 Å². The molecule has 0 bridgehead atoms. The lowest BCUT2D eigenvalue weighted by Crippen LogP contribution is -1.95. The van der Waals surface area contributed by atoms with Crippen molar-refractivity contribution < 1.29 is 9.47 Å². The van der Waals surface area contributed by atoms with E-state index in [1.54, 1.807) is 0 Å². The predicted molar refractivity (Wildman–Crippen MR) is 98.4 cm³/mol. The topological polar surface area (TPSA) is 18.5 Å². The lowest BCUT2D eigenvalue weighted by atomic mass is 10.2. The maximum absolute atomic E-state index is 5.63. The minimum atomic E-state index is 0.688. The first-order valence-electron chi connectivity index (χ1n) is 8.64. The number of hydrogen-bond donors (Lipinski definition) is 0. The molecule has 0 N–H and O–H groups in total. The Morgan fingerprint density at radius 3 is 1.42 bits per heavy atom. The quantitative estimate of drug-likeness (QED) is 0.453. The molecule has 2 heteroatoms. The molecule has 0 unspecified atom stereocenters. The summed E-state index contributed by atoms with van der Waals surface area (Å²) in [7, 11) is 0. The number of hydrogen-bond acceptors (Lipinski definition) is 2. The number of benzene rings is 2. The summed E-state index contributed by atoms with van der Waals surface area (Å²) in [6, 6.07) is 20.5. The molecule has 126 valence electrons. The third-order valence-electron chi connectivity index (χ3n) is 3.53. The van der Waals surface area contributed by atoms with Gasteiger partial charge in [0.15, 0.2) is 0 Å². The van der Waals surface area contributed by atoms with Gasteiger partial charge in [-0.2, -0.15) is 0 Å². The number of ether oxygens (including phenoxy) is 2. The van der Waals surface area contributed by atoms with Crippen LogP contribution < -0.4 is 0 Å². The van der Waals surface area contributed by atoms with Crippen LogP contribution in [0, 0.1) is 11.8 Å². The average Bonchev–Trinajstić information content (AvgIpc) is 2.64. The van der Waals surface area contributed by atoms with Crippen LogP contribution in [0.2, 0.25) is 0 Å². The molecule has 0 aliphatic heterocycles. The van der Waals surface area contributed by atoms with Gasteiger partial charge in [-0.1, -0.05) is 60.7 Å². The average molecular weight is 322 g/mol. The molecular formula is C22H26O2. The highest BCUT2D eigenvalue weighted by atomic mass is 16.5. The van der Waals surface area contributed by atoms with Gasteiger partial charge in [0.2, 0.25) is 0 Å². The molecule has 0 atom stereocenters. The molecule has 2 rings (SSSR count). The summed E-state index contributed by atoms with van der Waals surface area (Å²) in [6.07, 6.45) is 3.79. The van der Waals surface area contributed by atoms with Crippen molar-refractivity contribution in [1.82, 2.24) is 0 Å². The molecule has 0 aliphatic carbocycles. The zero-order valence-corrected chi connectivity index (χ0v) is 14.2.